The van der Waals surface area contributed by atoms with Crippen molar-refractivity contribution in [2.75, 3.05) is 6.54 Å². The van der Waals surface area contributed by atoms with Crippen LogP contribution in [0.1, 0.15) is 11.3 Å². The second kappa shape index (κ2) is 3.92. The monoisotopic (exact) mass is 233 g/mol. The zero-order valence-electron chi connectivity index (χ0n) is 8.78. The van der Waals surface area contributed by atoms with Crippen molar-refractivity contribution in [3.05, 3.63) is 46.7 Å². The number of rotatable bonds is 1. The van der Waals surface area contributed by atoms with Gasteiger partial charge in [-0.1, -0.05) is 23.7 Å². The number of nitrogens with one attached hydrogen (secondary N) is 1. The quantitative estimate of drug-likeness (QED) is 0.818. The van der Waals surface area contributed by atoms with Crippen LogP contribution in [-0.4, -0.2) is 16.3 Å². The summed E-state index contributed by atoms with van der Waals surface area (Å²) in [6.45, 7) is 1.91. The summed E-state index contributed by atoms with van der Waals surface area (Å²) in [7, 11) is 0. The standard InChI is InChI=1S/C12H12ClN3/c13-10-3-1-2-4-12(10)16-11-5-6-14-7-9(11)8-15-16/h1-4,8,14H,5-7H2. The molecule has 16 heavy (non-hydrogen) atoms. The third-order valence-electron chi connectivity index (χ3n) is 2.89. The minimum absolute atomic E-state index is 0.743. The Kier molecular flexibility index (Phi) is 2.42. The van der Waals surface area contributed by atoms with Gasteiger partial charge in [-0.2, -0.15) is 5.10 Å². The van der Waals surface area contributed by atoms with Crippen molar-refractivity contribution in [2.45, 2.75) is 13.0 Å². The number of hydrogen-bond donors (Lipinski definition) is 1. The topological polar surface area (TPSA) is 29.9 Å². The summed E-state index contributed by atoms with van der Waals surface area (Å²) in [6, 6.07) is 7.81. The average Bonchev–Trinajstić information content (AvgIpc) is 2.74. The van der Waals surface area contributed by atoms with E-state index in [1.807, 2.05) is 35.1 Å². The van der Waals surface area contributed by atoms with Gasteiger partial charge in [-0.05, 0) is 12.1 Å². The maximum Gasteiger partial charge on any atom is 0.0835 e. The zero-order chi connectivity index (χ0) is 11.0. The molecule has 1 aliphatic heterocycles. The first kappa shape index (κ1) is 9.87. The van der Waals surface area contributed by atoms with E-state index in [2.05, 4.69) is 10.4 Å². The minimum atomic E-state index is 0.743. The van der Waals surface area contributed by atoms with Gasteiger partial charge in [-0.15, -0.1) is 0 Å². The van der Waals surface area contributed by atoms with Crippen LogP contribution in [0.5, 0.6) is 0 Å². The van der Waals surface area contributed by atoms with Gasteiger partial charge in [0.1, 0.15) is 0 Å². The smallest absolute Gasteiger partial charge is 0.0835 e. The molecule has 0 unspecified atom stereocenters. The molecule has 3 rings (SSSR count). The molecule has 0 amide bonds. The molecule has 0 fully saturated rings. The molecule has 1 N–H and O–H groups in total. The van der Waals surface area contributed by atoms with Crippen molar-refractivity contribution in [3.63, 3.8) is 0 Å². The van der Waals surface area contributed by atoms with Crippen LogP contribution in [0, 0.1) is 0 Å². The van der Waals surface area contributed by atoms with Gasteiger partial charge >= 0.3 is 0 Å². The molecule has 3 nitrogen and oxygen atoms in total. The second-order valence-electron chi connectivity index (χ2n) is 3.91. The fourth-order valence-electron chi connectivity index (χ4n) is 2.08. The van der Waals surface area contributed by atoms with E-state index < -0.39 is 0 Å². The van der Waals surface area contributed by atoms with E-state index in [9.17, 15) is 0 Å². The summed E-state index contributed by atoms with van der Waals surface area (Å²) in [5.41, 5.74) is 3.50. The number of hydrogen-bond acceptors (Lipinski definition) is 2. The van der Waals surface area contributed by atoms with E-state index in [0.29, 0.717) is 0 Å². The molecule has 0 saturated heterocycles. The molecule has 1 aromatic heterocycles. The molecule has 2 heterocycles. The van der Waals surface area contributed by atoms with Crippen LogP contribution in [0.15, 0.2) is 30.5 Å². The molecular formula is C12H12ClN3. The Bertz CT molecular complexity index is 519. The number of para-hydroxylation sites is 1. The van der Waals surface area contributed by atoms with Gasteiger partial charge in [0, 0.05) is 25.1 Å². The van der Waals surface area contributed by atoms with Gasteiger partial charge in [0.2, 0.25) is 0 Å². The lowest BCUT2D eigenvalue weighted by Gasteiger charge is -2.15. The Hall–Kier alpha value is -1.32. The van der Waals surface area contributed by atoms with Gasteiger partial charge in [0.05, 0.1) is 22.6 Å². The molecule has 0 aliphatic carbocycles. The fraction of sp³-hybridized carbons (Fsp3) is 0.250. The molecular weight excluding hydrogens is 222 g/mol. The number of fused-ring (bicyclic) bond motifs is 1. The van der Waals surface area contributed by atoms with Crippen molar-refractivity contribution in [3.8, 4) is 5.69 Å². The van der Waals surface area contributed by atoms with Crippen LogP contribution in [0.2, 0.25) is 5.02 Å². The number of halogens is 1. The summed E-state index contributed by atoms with van der Waals surface area (Å²) >= 11 is 6.18. The fourth-order valence-corrected chi connectivity index (χ4v) is 2.30. The van der Waals surface area contributed by atoms with Gasteiger partial charge in [-0.25, -0.2) is 4.68 Å². The summed E-state index contributed by atoms with van der Waals surface area (Å²) in [5, 5.41) is 8.50. The second-order valence-corrected chi connectivity index (χ2v) is 4.31. The van der Waals surface area contributed by atoms with E-state index in [-0.39, 0.29) is 0 Å². The molecule has 2 aromatic rings. The maximum atomic E-state index is 6.18. The zero-order valence-corrected chi connectivity index (χ0v) is 9.54. The molecule has 1 aliphatic rings. The first-order valence-electron chi connectivity index (χ1n) is 5.37. The summed E-state index contributed by atoms with van der Waals surface area (Å²) < 4.78 is 1.96. The van der Waals surface area contributed by atoms with E-state index in [1.165, 1.54) is 11.3 Å². The molecule has 0 atom stereocenters. The Morgan fingerprint density at radius 2 is 2.19 bits per heavy atom. The highest BCUT2D eigenvalue weighted by molar-refractivity contribution is 6.32. The Balaban J connectivity index is 2.13. The number of nitrogens with zero attached hydrogens (tertiary/aromatic N) is 2. The summed E-state index contributed by atoms with van der Waals surface area (Å²) in [5.74, 6) is 0. The van der Waals surface area contributed by atoms with Crippen LogP contribution in [-0.2, 0) is 13.0 Å². The van der Waals surface area contributed by atoms with Gasteiger partial charge in [0.15, 0.2) is 0 Å². The molecule has 82 valence electrons. The first-order valence-corrected chi connectivity index (χ1v) is 5.75. The minimum Gasteiger partial charge on any atom is -0.312 e. The number of benzene rings is 1. The largest absolute Gasteiger partial charge is 0.312 e. The highest BCUT2D eigenvalue weighted by atomic mass is 35.5. The lowest BCUT2D eigenvalue weighted by atomic mass is 10.1. The van der Waals surface area contributed by atoms with Crippen LogP contribution >= 0.6 is 11.6 Å². The van der Waals surface area contributed by atoms with E-state index >= 15 is 0 Å². The van der Waals surface area contributed by atoms with Crippen molar-refractivity contribution < 1.29 is 0 Å². The highest BCUT2D eigenvalue weighted by Crippen LogP contribution is 2.23. The van der Waals surface area contributed by atoms with E-state index in [4.69, 9.17) is 11.6 Å². The van der Waals surface area contributed by atoms with Crippen molar-refractivity contribution >= 4 is 11.6 Å². The third-order valence-corrected chi connectivity index (χ3v) is 3.21. The molecule has 0 saturated carbocycles. The van der Waals surface area contributed by atoms with Gasteiger partial charge < -0.3 is 5.32 Å². The third kappa shape index (κ3) is 1.52. The summed E-state index contributed by atoms with van der Waals surface area (Å²) in [4.78, 5) is 0. The summed E-state index contributed by atoms with van der Waals surface area (Å²) in [6.07, 6.45) is 2.92. The van der Waals surface area contributed by atoms with Crippen LogP contribution in [0.4, 0.5) is 0 Å². The average molecular weight is 234 g/mol. The molecule has 1 aromatic carbocycles. The van der Waals surface area contributed by atoms with Crippen LogP contribution in [0.3, 0.4) is 0 Å². The molecule has 0 spiro atoms. The Morgan fingerprint density at radius 1 is 1.31 bits per heavy atom. The van der Waals surface area contributed by atoms with E-state index in [1.54, 1.807) is 0 Å². The molecule has 0 bridgehead atoms. The maximum absolute atomic E-state index is 6.18. The van der Waals surface area contributed by atoms with Gasteiger partial charge in [-0.3, -0.25) is 0 Å². The highest BCUT2D eigenvalue weighted by Gasteiger charge is 2.16. The molecule has 4 heteroatoms. The van der Waals surface area contributed by atoms with Crippen LogP contribution < -0.4 is 5.32 Å². The van der Waals surface area contributed by atoms with Crippen molar-refractivity contribution in [1.82, 2.24) is 15.1 Å². The molecule has 0 radical (unpaired) electrons. The van der Waals surface area contributed by atoms with E-state index in [0.717, 1.165) is 30.2 Å². The normalized spacial score (nSPS) is 14.8. The van der Waals surface area contributed by atoms with Crippen molar-refractivity contribution in [1.29, 1.82) is 0 Å². The first-order chi connectivity index (χ1) is 7.86. The predicted molar refractivity (Wildman–Crippen MR) is 64.0 cm³/mol. The SMILES string of the molecule is Clc1ccccc1-n1ncc2c1CCNC2. The lowest BCUT2D eigenvalue weighted by Crippen LogP contribution is -2.24. The Morgan fingerprint density at radius 3 is 3.06 bits per heavy atom. The Labute approximate surface area is 99.0 Å². The lowest BCUT2D eigenvalue weighted by molar-refractivity contribution is 0.623. The predicted octanol–water partition coefficient (Wildman–Crippen LogP) is 2.17. The van der Waals surface area contributed by atoms with Crippen LogP contribution in [0.25, 0.3) is 5.69 Å². The number of aromatic nitrogens is 2. The van der Waals surface area contributed by atoms with Gasteiger partial charge in [0.25, 0.3) is 0 Å². The van der Waals surface area contributed by atoms with Crippen molar-refractivity contribution in [2.24, 2.45) is 0 Å².